The summed E-state index contributed by atoms with van der Waals surface area (Å²) in [6, 6.07) is 13.6. The van der Waals surface area contributed by atoms with Crippen LogP contribution >= 0.6 is 0 Å². The third kappa shape index (κ3) is 2.13. The van der Waals surface area contributed by atoms with E-state index in [1.165, 1.54) is 58.1 Å². The maximum absolute atomic E-state index is 4.09. The van der Waals surface area contributed by atoms with Gasteiger partial charge >= 0.3 is 0 Å². The fourth-order valence-electron chi connectivity index (χ4n) is 5.56. The van der Waals surface area contributed by atoms with E-state index in [1.807, 2.05) is 12.2 Å². The molecule has 0 saturated carbocycles. The van der Waals surface area contributed by atoms with Crippen LogP contribution in [0.4, 0.5) is 0 Å². The zero-order valence-corrected chi connectivity index (χ0v) is 16.9. The van der Waals surface area contributed by atoms with Crippen LogP contribution in [0, 0.1) is 0 Å². The summed E-state index contributed by atoms with van der Waals surface area (Å²) in [5, 5.41) is 1.48. The van der Waals surface area contributed by atoms with Crippen molar-refractivity contribution in [3.63, 3.8) is 0 Å². The highest BCUT2D eigenvalue weighted by molar-refractivity contribution is 6.01. The topological polar surface area (TPSA) is 4.93 Å². The predicted octanol–water partition coefficient (Wildman–Crippen LogP) is 7.04. The number of rotatable bonds is 3. The molecule has 1 heteroatoms. The summed E-state index contributed by atoms with van der Waals surface area (Å²) >= 11 is 0. The molecule has 0 bridgehead atoms. The molecule has 0 spiro atoms. The van der Waals surface area contributed by atoms with Crippen molar-refractivity contribution in [2.45, 2.75) is 44.9 Å². The normalized spacial score (nSPS) is 17.1. The van der Waals surface area contributed by atoms with Crippen LogP contribution < -0.4 is 0 Å². The predicted molar refractivity (Wildman–Crippen MR) is 121 cm³/mol. The second-order valence-corrected chi connectivity index (χ2v) is 8.55. The fraction of sp³-hybridized carbons (Fsp3) is 0.259. The Kier molecular flexibility index (Phi) is 3.77. The molecule has 1 aromatic heterocycles. The number of nitrogens with zero attached hydrogens (tertiary/aromatic N) is 1. The first-order valence-corrected chi connectivity index (χ1v) is 10.3. The van der Waals surface area contributed by atoms with Gasteiger partial charge in [-0.1, -0.05) is 63.4 Å². The van der Waals surface area contributed by atoms with Gasteiger partial charge in [0.05, 0.1) is 5.52 Å². The Labute approximate surface area is 167 Å². The minimum absolute atomic E-state index is 0.0132. The van der Waals surface area contributed by atoms with Gasteiger partial charge in [0.25, 0.3) is 0 Å². The molecule has 0 radical (unpaired) electrons. The van der Waals surface area contributed by atoms with Crippen molar-refractivity contribution >= 4 is 16.6 Å². The summed E-state index contributed by atoms with van der Waals surface area (Å²) in [5.41, 5.74) is 11.2. The molecule has 5 rings (SSSR count). The van der Waals surface area contributed by atoms with Gasteiger partial charge in [-0.25, -0.2) is 0 Å². The Morgan fingerprint density at radius 1 is 1.00 bits per heavy atom. The van der Waals surface area contributed by atoms with Gasteiger partial charge in [-0.05, 0) is 71.7 Å². The Morgan fingerprint density at radius 3 is 2.57 bits per heavy atom. The van der Waals surface area contributed by atoms with E-state index in [1.54, 1.807) is 5.56 Å². The van der Waals surface area contributed by atoms with E-state index in [9.17, 15) is 0 Å². The lowest BCUT2D eigenvalue weighted by molar-refractivity contribution is 0.658. The zero-order chi connectivity index (χ0) is 19.5. The lowest BCUT2D eigenvalue weighted by Gasteiger charge is -2.23. The van der Waals surface area contributed by atoms with E-state index in [0.717, 1.165) is 12.1 Å². The van der Waals surface area contributed by atoms with Crippen LogP contribution in [0.15, 0.2) is 67.8 Å². The third-order valence-electron chi connectivity index (χ3n) is 6.71. The van der Waals surface area contributed by atoms with Gasteiger partial charge in [0.2, 0.25) is 0 Å². The number of allylic oxidation sites excluding steroid dienone is 4. The Morgan fingerprint density at radius 2 is 1.79 bits per heavy atom. The van der Waals surface area contributed by atoms with Gasteiger partial charge in [0.1, 0.15) is 0 Å². The first-order valence-electron chi connectivity index (χ1n) is 10.3. The maximum Gasteiger partial charge on any atom is 0.0537 e. The smallest absolute Gasteiger partial charge is 0.0537 e. The lowest BCUT2D eigenvalue weighted by Crippen LogP contribution is -2.16. The molecule has 2 aliphatic rings. The molecule has 1 heterocycles. The van der Waals surface area contributed by atoms with Crippen LogP contribution in [0.25, 0.3) is 27.7 Å². The fourth-order valence-corrected chi connectivity index (χ4v) is 5.56. The van der Waals surface area contributed by atoms with Gasteiger partial charge in [-0.2, -0.15) is 0 Å². The van der Waals surface area contributed by atoms with Gasteiger partial charge in [-0.3, -0.25) is 0 Å². The molecule has 0 amide bonds. The van der Waals surface area contributed by atoms with Crippen molar-refractivity contribution in [2.24, 2.45) is 0 Å². The van der Waals surface area contributed by atoms with E-state index in [-0.39, 0.29) is 5.41 Å². The largest absolute Gasteiger partial charge is 0.313 e. The SMILES string of the molecule is C=C/C=C(\C=C)n1c2c(c3c4c(ccc31)-c1ccccc1C4(C)C)CCCC2. The van der Waals surface area contributed by atoms with Crippen molar-refractivity contribution in [3.05, 3.63) is 90.2 Å². The van der Waals surface area contributed by atoms with Crippen molar-refractivity contribution in [1.82, 2.24) is 4.57 Å². The van der Waals surface area contributed by atoms with Crippen LogP contribution in [0.2, 0.25) is 0 Å². The molecule has 0 atom stereocenters. The molecule has 2 aliphatic carbocycles. The van der Waals surface area contributed by atoms with Crippen LogP contribution in [-0.4, -0.2) is 4.57 Å². The Bertz CT molecular complexity index is 1170. The molecule has 140 valence electrons. The molecule has 0 aliphatic heterocycles. The molecule has 2 aromatic carbocycles. The van der Waals surface area contributed by atoms with Crippen LogP contribution in [-0.2, 0) is 18.3 Å². The molecular weight excluding hydrogens is 338 g/mol. The average Bonchev–Trinajstić information content (AvgIpc) is 3.16. The number of fused-ring (bicyclic) bond motifs is 7. The van der Waals surface area contributed by atoms with Crippen molar-refractivity contribution < 1.29 is 0 Å². The van der Waals surface area contributed by atoms with Gasteiger partial charge in [-0.15, -0.1) is 0 Å². The molecular formula is C27H27N. The van der Waals surface area contributed by atoms with Gasteiger partial charge < -0.3 is 4.57 Å². The van der Waals surface area contributed by atoms with Crippen LogP contribution in [0.1, 0.15) is 49.1 Å². The first kappa shape index (κ1) is 17.3. The highest BCUT2D eigenvalue weighted by Gasteiger charge is 2.38. The molecule has 0 unspecified atom stereocenters. The summed E-state index contributed by atoms with van der Waals surface area (Å²) in [7, 11) is 0. The summed E-state index contributed by atoms with van der Waals surface area (Å²) in [6.07, 6.45) is 10.7. The average molecular weight is 366 g/mol. The van der Waals surface area contributed by atoms with Crippen LogP contribution in [0.3, 0.4) is 0 Å². The zero-order valence-electron chi connectivity index (χ0n) is 16.9. The van der Waals surface area contributed by atoms with E-state index in [4.69, 9.17) is 0 Å². The van der Waals surface area contributed by atoms with E-state index in [0.29, 0.717) is 0 Å². The number of hydrogen-bond acceptors (Lipinski definition) is 0. The molecule has 0 fully saturated rings. The maximum atomic E-state index is 4.09. The summed E-state index contributed by atoms with van der Waals surface area (Å²) in [4.78, 5) is 0. The highest BCUT2D eigenvalue weighted by Crippen LogP contribution is 2.53. The van der Waals surface area contributed by atoms with Crippen molar-refractivity contribution in [1.29, 1.82) is 0 Å². The van der Waals surface area contributed by atoms with Gasteiger partial charge in [0, 0.05) is 22.2 Å². The van der Waals surface area contributed by atoms with Crippen LogP contribution in [0.5, 0.6) is 0 Å². The Hall–Kier alpha value is -2.80. The molecule has 0 saturated heterocycles. The molecule has 1 nitrogen and oxygen atoms in total. The van der Waals surface area contributed by atoms with Crippen molar-refractivity contribution in [3.8, 4) is 11.1 Å². The number of aryl methyl sites for hydroxylation is 1. The van der Waals surface area contributed by atoms with Gasteiger partial charge in [0.15, 0.2) is 0 Å². The number of hydrogen-bond donors (Lipinski definition) is 0. The quantitative estimate of drug-likeness (QED) is 0.439. The lowest BCUT2D eigenvalue weighted by atomic mass is 9.79. The summed E-state index contributed by atoms with van der Waals surface area (Å²) in [5.74, 6) is 0. The molecule has 3 aromatic rings. The first-order chi connectivity index (χ1) is 13.6. The summed E-state index contributed by atoms with van der Waals surface area (Å²) in [6.45, 7) is 12.8. The second kappa shape index (κ2) is 6.10. The minimum atomic E-state index is 0.0132. The minimum Gasteiger partial charge on any atom is -0.313 e. The van der Waals surface area contributed by atoms with E-state index >= 15 is 0 Å². The monoisotopic (exact) mass is 365 g/mol. The van der Waals surface area contributed by atoms with Crippen molar-refractivity contribution in [2.75, 3.05) is 0 Å². The van der Waals surface area contributed by atoms with E-state index in [2.05, 4.69) is 74.0 Å². The van der Waals surface area contributed by atoms with E-state index < -0.39 is 0 Å². The Balaban J connectivity index is 1.94. The third-order valence-corrected chi connectivity index (χ3v) is 6.71. The second-order valence-electron chi connectivity index (χ2n) is 8.55. The number of aromatic nitrogens is 1. The standard InChI is InChI=1S/C27H27N/c1-5-11-18(6-2)28-23-15-10-8-13-21(23)25-24(28)17-16-20-19-12-7-9-14-22(19)27(3,4)26(20)25/h5-7,9,11-12,14,16-17H,1-2,8,10,13,15H2,3-4H3/b18-11+. The molecule has 0 N–H and O–H groups in total. The summed E-state index contributed by atoms with van der Waals surface area (Å²) < 4.78 is 2.44. The highest BCUT2D eigenvalue weighted by atomic mass is 15.0. The molecule has 28 heavy (non-hydrogen) atoms. The number of benzene rings is 2.